The molecule has 116 valence electrons. The second kappa shape index (κ2) is 6.17. The number of hydrogen-bond acceptors (Lipinski definition) is 4. The van der Waals surface area contributed by atoms with E-state index in [9.17, 15) is 4.79 Å². The smallest absolute Gasteiger partial charge is 0.276 e. The van der Waals surface area contributed by atoms with E-state index in [1.165, 1.54) is 11.8 Å². The van der Waals surface area contributed by atoms with Crippen molar-refractivity contribution < 1.29 is 9.53 Å². The predicted molar refractivity (Wildman–Crippen MR) is 81.9 cm³/mol. The number of aromatic amines is 1. The fourth-order valence-electron chi connectivity index (χ4n) is 2.66. The number of amides is 1. The van der Waals surface area contributed by atoms with Crippen LogP contribution in [-0.2, 0) is 0 Å². The first-order valence-corrected chi connectivity index (χ1v) is 7.52. The first-order chi connectivity index (χ1) is 10.6. The monoisotopic (exact) mass is 300 g/mol. The van der Waals surface area contributed by atoms with Gasteiger partial charge in [-0.3, -0.25) is 4.79 Å². The molecular formula is C16H20N4O2. The maximum absolute atomic E-state index is 12.2. The Morgan fingerprint density at radius 1 is 1.32 bits per heavy atom. The van der Waals surface area contributed by atoms with Gasteiger partial charge in [0.05, 0.1) is 6.20 Å². The van der Waals surface area contributed by atoms with Crippen molar-refractivity contribution in [3.05, 3.63) is 41.2 Å². The minimum absolute atomic E-state index is 0.0704. The molecule has 0 radical (unpaired) electrons. The molecule has 0 aliphatic carbocycles. The molecule has 1 amide bonds. The lowest BCUT2D eigenvalue weighted by Crippen LogP contribution is -2.42. The summed E-state index contributed by atoms with van der Waals surface area (Å²) in [7, 11) is 0. The van der Waals surface area contributed by atoms with Gasteiger partial charge in [0.1, 0.15) is 11.9 Å². The third-order valence-electron chi connectivity index (χ3n) is 4.00. The molecule has 6 nitrogen and oxygen atoms in total. The summed E-state index contributed by atoms with van der Waals surface area (Å²) in [6.07, 6.45) is 3.27. The first-order valence-electron chi connectivity index (χ1n) is 7.52. The van der Waals surface area contributed by atoms with Crippen molar-refractivity contribution in [2.24, 2.45) is 0 Å². The van der Waals surface area contributed by atoms with Crippen molar-refractivity contribution in [1.29, 1.82) is 0 Å². The van der Waals surface area contributed by atoms with Crippen LogP contribution in [0.3, 0.4) is 0 Å². The second-order valence-corrected chi connectivity index (χ2v) is 5.73. The lowest BCUT2D eigenvalue weighted by molar-refractivity contribution is 0.0589. The molecule has 2 aromatic rings. The van der Waals surface area contributed by atoms with Crippen LogP contribution in [0.2, 0.25) is 0 Å². The Kier molecular flexibility index (Phi) is 4.09. The van der Waals surface area contributed by atoms with Crippen LogP contribution in [0.4, 0.5) is 0 Å². The third-order valence-corrected chi connectivity index (χ3v) is 4.00. The van der Waals surface area contributed by atoms with Gasteiger partial charge in [-0.15, -0.1) is 0 Å². The number of aromatic nitrogens is 3. The highest BCUT2D eigenvalue weighted by atomic mass is 16.5. The molecule has 0 atom stereocenters. The van der Waals surface area contributed by atoms with Gasteiger partial charge in [0.15, 0.2) is 5.69 Å². The summed E-state index contributed by atoms with van der Waals surface area (Å²) < 4.78 is 6.11. The zero-order valence-corrected chi connectivity index (χ0v) is 12.9. The number of H-pyrrole nitrogens is 1. The SMILES string of the molecule is Cc1ccc(C)c(OC2CCN(C(=O)c3cn[nH]n3)CC2)c1. The van der Waals surface area contributed by atoms with E-state index in [0.29, 0.717) is 18.8 Å². The van der Waals surface area contributed by atoms with Crippen LogP contribution in [0.5, 0.6) is 5.75 Å². The van der Waals surface area contributed by atoms with Gasteiger partial charge < -0.3 is 9.64 Å². The van der Waals surface area contributed by atoms with E-state index in [4.69, 9.17) is 4.74 Å². The lowest BCUT2D eigenvalue weighted by atomic mass is 10.1. The van der Waals surface area contributed by atoms with E-state index in [-0.39, 0.29) is 12.0 Å². The molecule has 1 aromatic heterocycles. The number of aryl methyl sites for hydroxylation is 2. The number of nitrogens with one attached hydrogen (secondary N) is 1. The number of likely N-dealkylation sites (tertiary alicyclic amines) is 1. The van der Waals surface area contributed by atoms with E-state index in [0.717, 1.165) is 24.2 Å². The summed E-state index contributed by atoms with van der Waals surface area (Å²) in [4.78, 5) is 14.0. The number of benzene rings is 1. The maximum Gasteiger partial charge on any atom is 0.276 e. The molecule has 3 rings (SSSR count). The molecule has 6 heteroatoms. The number of rotatable bonds is 3. The van der Waals surface area contributed by atoms with Gasteiger partial charge in [0.25, 0.3) is 5.91 Å². The minimum atomic E-state index is -0.0704. The molecule has 0 unspecified atom stereocenters. The lowest BCUT2D eigenvalue weighted by Gasteiger charge is -2.32. The highest BCUT2D eigenvalue weighted by Gasteiger charge is 2.26. The van der Waals surface area contributed by atoms with Crippen LogP contribution in [0.25, 0.3) is 0 Å². The maximum atomic E-state index is 12.2. The van der Waals surface area contributed by atoms with Crippen molar-refractivity contribution >= 4 is 5.91 Å². The van der Waals surface area contributed by atoms with E-state index >= 15 is 0 Å². The number of hydrogen-bond donors (Lipinski definition) is 1. The Hall–Kier alpha value is -2.37. The largest absolute Gasteiger partial charge is 0.490 e. The number of carbonyl (C=O) groups excluding carboxylic acids is 1. The first kappa shape index (κ1) is 14.6. The zero-order valence-electron chi connectivity index (χ0n) is 12.9. The van der Waals surface area contributed by atoms with Gasteiger partial charge in [-0.25, -0.2) is 0 Å². The average molecular weight is 300 g/mol. The van der Waals surface area contributed by atoms with Crippen molar-refractivity contribution in [2.45, 2.75) is 32.8 Å². The van der Waals surface area contributed by atoms with Crippen LogP contribution in [0.15, 0.2) is 24.4 Å². The molecule has 1 aliphatic rings. The summed E-state index contributed by atoms with van der Waals surface area (Å²) in [5.41, 5.74) is 2.71. The molecular weight excluding hydrogens is 280 g/mol. The summed E-state index contributed by atoms with van der Waals surface area (Å²) >= 11 is 0. The predicted octanol–water partition coefficient (Wildman–Crippen LogP) is 2.11. The molecule has 1 N–H and O–H groups in total. The third kappa shape index (κ3) is 3.10. The van der Waals surface area contributed by atoms with Crippen molar-refractivity contribution in [1.82, 2.24) is 20.3 Å². The quantitative estimate of drug-likeness (QED) is 0.942. The second-order valence-electron chi connectivity index (χ2n) is 5.73. The molecule has 1 fully saturated rings. The molecule has 1 saturated heterocycles. The van der Waals surface area contributed by atoms with Crippen molar-refractivity contribution in [2.75, 3.05) is 13.1 Å². The van der Waals surface area contributed by atoms with Crippen LogP contribution in [0, 0.1) is 13.8 Å². The normalized spacial score (nSPS) is 15.8. The van der Waals surface area contributed by atoms with E-state index in [2.05, 4.69) is 47.5 Å². The Morgan fingerprint density at radius 3 is 2.77 bits per heavy atom. The topological polar surface area (TPSA) is 71.1 Å². The van der Waals surface area contributed by atoms with Gasteiger partial charge in [0, 0.05) is 25.9 Å². The number of carbonyl (C=O) groups is 1. The number of ether oxygens (including phenoxy) is 1. The molecule has 1 aromatic carbocycles. The number of nitrogens with zero attached hydrogens (tertiary/aromatic N) is 3. The summed E-state index contributed by atoms with van der Waals surface area (Å²) in [6, 6.07) is 6.23. The fraction of sp³-hybridized carbons (Fsp3) is 0.438. The standard InChI is InChI=1S/C16H20N4O2/c1-11-3-4-12(2)15(9-11)22-13-5-7-20(8-6-13)16(21)14-10-17-19-18-14/h3-4,9-10,13H,5-8H2,1-2H3,(H,17,18,19). The Labute approximate surface area is 129 Å². The van der Waals surface area contributed by atoms with Crippen LogP contribution >= 0.6 is 0 Å². The van der Waals surface area contributed by atoms with Gasteiger partial charge >= 0.3 is 0 Å². The molecule has 0 bridgehead atoms. The summed E-state index contributed by atoms with van der Waals surface area (Å²) in [5.74, 6) is 0.875. The molecule has 22 heavy (non-hydrogen) atoms. The molecule has 0 spiro atoms. The van der Waals surface area contributed by atoms with E-state index in [1.54, 1.807) is 4.90 Å². The van der Waals surface area contributed by atoms with E-state index in [1.807, 2.05) is 0 Å². The Bertz CT molecular complexity index is 646. The summed E-state index contributed by atoms with van der Waals surface area (Å²) in [6.45, 7) is 5.48. The Morgan fingerprint density at radius 2 is 2.09 bits per heavy atom. The highest BCUT2D eigenvalue weighted by Crippen LogP contribution is 2.24. The van der Waals surface area contributed by atoms with Crippen LogP contribution in [0.1, 0.15) is 34.5 Å². The molecule has 2 heterocycles. The number of piperidine rings is 1. The van der Waals surface area contributed by atoms with Crippen LogP contribution in [-0.4, -0.2) is 45.4 Å². The van der Waals surface area contributed by atoms with Crippen LogP contribution < -0.4 is 4.74 Å². The van der Waals surface area contributed by atoms with Crippen molar-refractivity contribution in [3.63, 3.8) is 0 Å². The highest BCUT2D eigenvalue weighted by molar-refractivity contribution is 5.91. The molecule has 1 aliphatic heterocycles. The average Bonchev–Trinajstić information content (AvgIpc) is 3.05. The summed E-state index contributed by atoms with van der Waals surface area (Å²) in [5, 5.41) is 9.99. The van der Waals surface area contributed by atoms with Crippen molar-refractivity contribution in [3.8, 4) is 5.75 Å². The van der Waals surface area contributed by atoms with Gasteiger partial charge in [-0.1, -0.05) is 12.1 Å². The zero-order chi connectivity index (χ0) is 15.5. The Balaban J connectivity index is 1.58. The van der Waals surface area contributed by atoms with Gasteiger partial charge in [-0.05, 0) is 31.0 Å². The fourth-order valence-corrected chi connectivity index (χ4v) is 2.66. The van der Waals surface area contributed by atoms with E-state index < -0.39 is 0 Å². The molecule has 0 saturated carbocycles. The van der Waals surface area contributed by atoms with Gasteiger partial charge in [0.2, 0.25) is 0 Å². The van der Waals surface area contributed by atoms with Gasteiger partial charge in [-0.2, -0.15) is 15.4 Å². The minimum Gasteiger partial charge on any atom is -0.490 e.